The third kappa shape index (κ3) is 3.28. The van der Waals surface area contributed by atoms with E-state index >= 15 is 0 Å². The Labute approximate surface area is 109 Å². The van der Waals surface area contributed by atoms with Crippen LogP contribution in [0, 0.1) is 5.82 Å². The first-order valence-corrected chi connectivity index (χ1v) is 5.78. The second kappa shape index (κ2) is 5.95. The minimum atomic E-state index is -0.453. The predicted molar refractivity (Wildman–Crippen MR) is 67.1 cm³/mol. The number of hydrogen-bond donors (Lipinski definition) is 0. The molecule has 0 radical (unpaired) electrons. The van der Waals surface area contributed by atoms with Gasteiger partial charge in [-0.1, -0.05) is 12.1 Å². The first-order valence-electron chi connectivity index (χ1n) is 5.78. The van der Waals surface area contributed by atoms with Gasteiger partial charge < -0.3 is 9.25 Å². The fourth-order valence-corrected chi connectivity index (χ4v) is 1.42. The third-order valence-electron chi connectivity index (χ3n) is 2.40. The Bertz CT molecular complexity index is 573. The molecule has 1 heterocycles. The van der Waals surface area contributed by atoms with Crippen LogP contribution in [0.15, 0.2) is 52.2 Å². The van der Waals surface area contributed by atoms with Crippen LogP contribution in [0.4, 0.5) is 4.39 Å². The molecule has 1 aromatic heterocycles. The lowest BCUT2D eigenvalue weighted by Gasteiger charge is -2.03. The largest absolute Gasteiger partial charge is 0.463 e. The number of benzene rings is 1. The molecule has 0 N–H and O–H groups in total. The van der Waals surface area contributed by atoms with Gasteiger partial charge in [0.2, 0.25) is 0 Å². The van der Waals surface area contributed by atoms with Gasteiger partial charge in [-0.15, -0.1) is 0 Å². The fraction of sp³-hybridized carbons (Fsp3) is 0.143. The lowest BCUT2D eigenvalue weighted by atomic mass is 10.1. The van der Waals surface area contributed by atoms with Gasteiger partial charge in [-0.25, -0.2) is 9.18 Å². The number of carbonyl (C=O) groups is 1. The smallest absolute Gasteiger partial charge is 0.334 e. The molecular weight excluding hydrogens is 249 g/mol. The Morgan fingerprint density at radius 1 is 1.32 bits per heavy atom. The summed E-state index contributed by atoms with van der Waals surface area (Å²) in [6.07, 6.45) is 1.70. The van der Waals surface area contributed by atoms with Crippen molar-refractivity contribution in [2.24, 2.45) is 5.16 Å². The zero-order chi connectivity index (χ0) is 13.7. The van der Waals surface area contributed by atoms with Crippen molar-refractivity contribution in [2.45, 2.75) is 13.3 Å². The first kappa shape index (κ1) is 13.0. The fourth-order valence-electron chi connectivity index (χ4n) is 1.42. The van der Waals surface area contributed by atoms with E-state index in [9.17, 15) is 9.18 Å². The van der Waals surface area contributed by atoms with Crippen LogP contribution in [-0.2, 0) is 9.63 Å². The monoisotopic (exact) mass is 261 g/mol. The number of rotatable bonds is 4. The van der Waals surface area contributed by atoms with Crippen LogP contribution in [0.25, 0.3) is 0 Å². The summed E-state index contributed by atoms with van der Waals surface area (Å²) in [5, 5.41) is 3.79. The van der Waals surface area contributed by atoms with Crippen LogP contribution in [0.2, 0.25) is 0 Å². The summed E-state index contributed by atoms with van der Waals surface area (Å²) in [5.74, 6) is -0.366. The quantitative estimate of drug-likeness (QED) is 0.482. The Morgan fingerprint density at radius 3 is 2.63 bits per heavy atom. The average Bonchev–Trinajstić information content (AvgIpc) is 2.94. The number of carbonyl (C=O) groups excluding carboxylic acids is 1. The van der Waals surface area contributed by atoms with Gasteiger partial charge in [-0.3, -0.25) is 0 Å². The zero-order valence-corrected chi connectivity index (χ0v) is 10.3. The van der Waals surface area contributed by atoms with Gasteiger partial charge in [0.05, 0.1) is 6.26 Å². The Morgan fingerprint density at radius 2 is 2.05 bits per heavy atom. The molecule has 19 heavy (non-hydrogen) atoms. The van der Waals surface area contributed by atoms with Crippen molar-refractivity contribution in [1.82, 2.24) is 0 Å². The van der Waals surface area contributed by atoms with Crippen molar-refractivity contribution in [2.75, 3.05) is 0 Å². The highest BCUT2D eigenvalue weighted by molar-refractivity contribution is 6.11. The lowest BCUT2D eigenvalue weighted by Crippen LogP contribution is -2.06. The standard InChI is InChI=1S/C14H12FNO3/c1-2-13(17)19-16-14(12-4-3-9-18-12)10-5-7-11(15)8-6-10/h3-9H,2H2,1H3/b16-14-. The van der Waals surface area contributed by atoms with Crippen LogP contribution in [0.3, 0.4) is 0 Å². The molecule has 1 aromatic carbocycles. The summed E-state index contributed by atoms with van der Waals surface area (Å²) in [4.78, 5) is 15.9. The number of furan rings is 1. The molecule has 0 atom stereocenters. The molecule has 2 rings (SSSR count). The summed E-state index contributed by atoms with van der Waals surface area (Å²) >= 11 is 0. The molecule has 0 aliphatic carbocycles. The Hall–Kier alpha value is -2.43. The summed E-state index contributed by atoms with van der Waals surface area (Å²) in [7, 11) is 0. The molecule has 0 bridgehead atoms. The Kier molecular flexibility index (Phi) is 4.07. The van der Waals surface area contributed by atoms with Gasteiger partial charge in [0, 0.05) is 12.0 Å². The van der Waals surface area contributed by atoms with Gasteiger partial charge in [-0.2, -0.15) is 0 Å². The molecular formula is C14H12FNO3. The zero-order valence-electron chi connectivity index (χ0n) is 10.3. The van der Waals surface area contributed by atoms with E-state index < -0.39 is 5.97 Å². The molecule has 0 spiro atoms. The van der Waals surface area contributed by atoms with Crippen LogP contribution < -0.4 is 0 Å². The van der Waals surface area contributed by atoms with Crippen molar-refractivity contribution in [1.29, 1.82) is 0 Å². The average molecular weight is 261 g/mol. The summed E-state index contributed by atoms with van der Waals surface area (Å²) < 4.78 is 18.1. The molecule has 2 aromatic rings. The molecule has 0 unspecified atom stereocenters. The second-order valence-electron chi connectivity index (χ2n) is 3.74. The van der Waals surface area contributed by atoms with Gasteiger partial charge in [0.25, 0.3) is 0 Å². The number of hydrogen-bond acceptors (Lipinski definition) is 4. The highest BCUT2D eigenvalue weighted by Crippen LogP contribution is 2.13. The van der Waals surface area contributed by atoms with Crippen LogP contribution in [0.1, 0.15) is 24.7 Å². The summed E-state index contributed by atoms with van der Waals surface area (Å²) in [5.41, 5.74) is 0.937. The van der Waals surface area contributed by atoms with Gasteiger partial charge >= 0.3 is 5.97 Å². The molecule has 0 saturated heterocycles. The van der Waals surface area contributed by atoms with E-state index in [2.05, 4.69) is 5.16 Å². The predicted octanol–water partition coefficient (Wildman–Crippen LogP) is 3.12. The van der Waals surface area contributed by atoms with Crippen LogP contribution in [0.5, 0.6) is 0 Å². The third-order valence-corrected chi connectivity index (χ3v) is 2.40. The van der Waals surface area contributed by atoms with Crippen molar-refractivity contribution in [3.05, 3.63) is 59.8 Å². The number of nitrogens with zero attached hydrogens (tertiary/aromatic N) is 1. The topological polar surface area (TPSA) is 51.8 Å². The number of oxime groups is 1. The summed E-state index contributed by atoms with van der Waals surface area (Å²) in [6.45, 7) is 1.67. The van der Waals surface area contributed by atoms with Crippen molar-refractivity contribution >= 4 is 11.7 Å². The molecule has 0 saturated carbocycles. The van der Waals surface area contributed by atoms with Gasteiger partial charge in [-0.05, 0) is 36.4 Å². The minimum Gasteiger partial charge on any atom is -0.463 e. The molecule has 0 aliphatic heterocycles. The maximum Gasteiger partial charge on any atom is 0.334 e. The lowest BCUT2D eigenvalue weighted by molar-refractivity contribution is -0.143. The Balaban J connectivity index is 2.34. The first-order chi connectivity index (χ1) is 9.20. The molecule has 4 nitrogen and oxygen atoms in total. The molecule has 5 heteroatoms. The van der Waals surface area contributed by atoms with Gasteiger partial charge in [0.1, 0.15) is 5.82 Å². The SMILES string of the molecule is CCC(=O)O/N=C(/c1ccc(F)cc1)c1ccco1. The van der Waals surface area contributed by atoms with Gasteiger partial charge in [0.15, 0.2) is 11.5 Å². The van der Waals surface area contributed by atoms with Crippen molar-refractivity contribution < 1.29 is 18.4 Å². The maximum atomic E-state index is 12.9. The van der Waals surface area contributed by atoms with E-state index in [-0.39, 0.29) is 12.2 Å². The number of halogens is 1. The van der Waals surface area contributed by atoms with E-state index in [1.807, 2.05) is 0 Å². The van der Waals surface area contributed by atoms with E-state index in [1.54, 1.807) is 19.1 Å². The van der Waals surface area contributed by atoms with Crippen LogP contribution in [-0.4, -0.2) is 11.7 Å². The summed E-state index contributed by atoms with van der Waals surface area (Å²) in [6, 6.07) is 9.05. The van der Waals surface area contributed by atoms with E-state index in [0.717, 1.165) is 0 Å². The van der Waals surface area contributed by atoms with E-state index in [4.69, 9.17) is 9.25 Å². The normalized spacial score (nSPS) is 11.4. The highest BCUT2D eigenvalue weighted by Gasteiger charge is 2.12. The molecule has 0 aliphatic rings. The van der Waals surface area contributed by atoms with Crippen molar-refractivity contribution in [3.63, 3.8) is 0 Å². The molecule has 0 fully saturated rings. The van der Waals surface area contributed by atoms with Crippen molar-refractivity contribution in [3.8, 4) is 0 Å². The molecule has 0 amide bonds. The highest BCUT2D eigenvalue weighted by atomic mass is 19.1. The van der Waals surface area contributed by atoms with E-state index in [1.165, 1.54) is 30.5 Å². The molecule has 98 valence electrons. The minimum absolute atomic E-state index is 0.221. The van der Waals surface area contributed by atoms with Crippen LogP contribution >= 0.6 is 0 Å². The second-order valence-corrected chi connectivity index (χ2v) is 3.74. The van der Waals surface area contributed by atoms with E-state index in [0.29, 0.717) is 17.0 Å². The maximum absolute atomic E-state index is 12.9.